The number of ether oxygens (including phenoxy) is 1. The van der Waals surface area contributed by atoms with Crippen LogP contribution in [0, 0.1) is 0 Å². The molecular formula is C14H15F3N2O5S. The lowest BCUT2D eigenvalue weighted by Gasteiger charge is -2.10. The minimum absolute atomic E-state index is 0.00277. The van der Waals surface area contributed by atoms with Gasteiger partial charge in [0, 0.05) is 5.75 Å². The van der Waals surface area contributed by atoms with Gasteiger partial charge < -0.3 is 10.1 Å². The fourth-order valence-electron chi connectivity index (χ4n) is 1.59. The molecule has 0 aromatic heterocycles. The van der Waals surface area contributed by atoms with Gasteiger partial charge in [-0.05, 0) is 12.1 Å². The van der Waals surface area contributed by atoms with Crippen LogP contribution in [0.3, 0.4) is 0 Å². The lowest BCUT2D eigenvalue weighted by Crippen LogP contribution is -2.44. The number of amides is 3. The second-order valence-electron chi connectivity index (χ2n) is 4.55. The molecule has 0 heterocycles. The average Bonchev–Trinajstić information content (AvgIpc) is 2.56. The number of imide groups is 1. The zero-order valence-electron chi connectivity index (χ0n) is 13.0. The number of esters is 1. The van der Waals surface area contributed by atoms with Gasteiger partial charge in [-0.25, -0.2) is 9.59 Å². The molecule has 7 nitrogen and oxygen atoms in total. The summed E-state index contributed by atoms with van der Waals surface area (Å²) in [6, 6.07) is 4.56. The summed E-state index contributed by atoms with van der Waals surface area (Å²) in [5.41, 5.74) is -0.00277. The number of hydrogen-bond donors (Lipinski definition) is 2. The highest BCUT2D eigenvalue weighted by atomic mass is 32.2. The Morgan fingerprint density at radius 2 is 1.84 bits per heavy atom. The highest BCUT2D eigenvalue weighted by molar-refractivity contribution is 7.85. The Hall–Kier alpha value is -2.43. The van der Waals surface area contributed by atoms with Crippen LogP contribution >= 0.6 is 0 Å². The van der Waals surface area contributed by atoms with Gasteiger partial charge in [0.2, 0.25) is 0 Å². The van der Waals surface area contributed by atoms with E-state index in [-0.39, 0.29) is 16.2 Å². The van der Waals surface area contributed by atoms with Gasteiger partial charge in [-0.2, -0.15) is 13.2 Å². The first-order valence-corrected chi connectivity index (χ1v) is 8.25. The number of rotatable bonds is 6. The van der Waals surface area contributed by atoms with E-state index in [1.54, 1.807) is 18.3 Å². The largest absolute Gasteiger partial charge is 0.452 e. The van der Waals surface area contributed by atoms with Crippen LogP contribution in [-0.4, -0.2) is 47.2 Å². The SMILES string of the molecule is CC[S@@](=O)c1ccccc1C(=O)OCC(=O)NC(=O)NCC(F)(F)F. The quantitative estimate of drug-likeness (QED) is 0.726. The molecule has 2 N–H and O–H groups in total. The summed E-state index contributed by atoms with van der Waals surface area (Å²) in [6.45, 7) is -0.835. The van der Waals surface area contributed by atoms with Gasteiger partial charge in [-0.3, -0.25) is 14.3 Å². The summed E-state index contributed by atoms with van der Waals surface area (Å²) in [5, 5.41) is 3.01. The fourth-order valence-corrected chi connectivity index (χ4v) is 2.52. The number of alkyl halides is 3. The summed E-state index contributed by atoms with van der Waals surface area (Å²) >= 11 is 0. The van der Waals surface area contributed by atoms with E-state index in [0.29, 0.717) is 0 Å². The van der Waals surface area contributed by atoms with Crippen molar-refractivity contribution in [1.29, 1.82) is 0 Å². The lowest BCUT2D eigenvalue weighted by molar-refractivity contribution is -0.125. The zero-order chi connectivity index (χ0) is 19.0. The topological polar surface area (TPSA) is 102 Å². The number of carbonyl (C=O) groups is 3. The van der Waals surface area contributed by atoms with Gasteiger partial charge in [-0.15, -0.1) is 0 Å². The first-order valence-electron chi connectivity index (χ1n) is 6.93. The van der Waals surface area contributed by atoms with E-state index in [9.17, 15) is 31.8 Å². The summed E-state index contributed by atoms with van der Waals surface area (Å²) in [4.78, 5) is 34.7. The maximum Gasteiger partial charge on any atom is 0.405 e. The van der Waals surface area contributed by atoms with Crippen molar-refractivity contribution >= 4 is 28.7 Å². The van der Waals surface area contributed by atoms with Crippen LogP contribution in [0.15, 0.2) is 29.2 Å². The third-order valence-corrected chi connectivity index (χ3v) is 4.02. The molecule has 0 saturated heterocycles. The van der Waals surface area contributed by atoms with Crippen LogP contribution in [0.1, 0.15) is 17.3 Å². The molecule has 0 saturated carbocycles. The number of halogens is 3. The Balaban J connectivity index is 2.56. The normalized spacial score (nSPS) is 12.2. The van der Waals surface area contributed by atoms with Gasteiger partial charge in [0.05, 0.1) is 21.3 Å². The number of hydrogen-bond acceptors (Lipinski definition) is 5. The van der Waals surface area contributed by atoms with E-state index >= 15 is 0 Å². The number of nitrogens with one attached hydrogen (secondary N) is 2. The van der Waals surface area contributed by atoms with Crippen molar-refractivity contribution in [3.8, 4) is 0 Å². The molecule has 138 valence electrons. The van der Waals surface area contributed by atoms with E-state index in [1.165, 1.54) is 23.5 Å². The Morgan fingerprint density at radius 3 is 2.44 bits per heavy atom. The van der Waals surface area contributed by atoms with Gasteiger partial charge in [0.25, 0.3) is 5.91 Å². The molecule has 11 heteroatoms. The van der Waals surface area contributed by atoms with Crippen LogP contribution in [0.2, 0.25) is 0 Å². The van der Waals surface area contributed by atoms with Crippen LogP contribution in [0.5, 0.6) is 0 Å². The van der Waals surface area contributed by atoms with E-state index in [1.807, 2.05) is 0 Å². The molecular weight excluding hydrogens is 365 g/mol. The third-order valence-electron chi connectivity index (χ3n) is 2.65. The molecule has 0 spiro atoms. The highest BCUT2D eigenvalue weighted by Gasteiger charge is 2.28. The van der Waals surface area contributed by atoms with Gasteiger partial charge in [0.15, 0.2) is 6.61 Å². The van der Waals surface area contributed by atoms with Crippen molar-refractivity contribution in [2.24, 2.45) is 0 Å². The lowest BCUT2D eigenvalue weighted by atomic mass is 10.2. The second kappa shape index (κ2) is 9.16. The number of benzene rings is 1. The second-order valence-corrected chi connectivity index (χ2v) is 6.26. The van der Waals surface area contributed by atoms with Crippen molar-refractivity contribution in [1.82, 2.24) is 10.6 Å². The van der Waals surface area contributed by atoms with Crippen LogP contribution in [-0.2, 0) is 20.3 Å². The molecule has 0 aliphatic heterocycles. The molecule has 0 fully saturated rings. The van der Waals surface area contributed by atoms with E-state index < -0.39 is 48.0 Å². The van der Waals surface area contributed by atoms with Crippen LogP contribution in [0.25, 0.3) is 0 Å². The van der Waals surface area contributed by atoms with Crippen molar-refractivity contribution in [3.05, 3.63) is 29.8 Å². The van der Waals surface area contributed by atoms with Gasteiger partial charge in [0.1, 0.15) is 6.54 Å². The molecule has 25 heavy (non-hydrogen) atoms. The maximum absolute atomic E-state index is 11.9. The van der Waals surface area contributed by atoms with E-state index in [2.05, 4.69) is 4.74 Å². The molecule has 0 aliphatic carbocycles. The predicted molar refractivity (Wildman–Crippen MR) is 81.3 cm³/mol. The van der Waals surface area contributed by atoms with E-state index in [4.69, 9.17) is 0 Å². The first-order chi connectivity index (χ1) is 11.6. The molecule has 0 radical (unpaired) electrons. The Labute approximate surface area is 143 Å². The molecule has 0 bridgehead atoms. The fraction of sp³-hybridized carbons (Fsp3) is 0.357. The molecule has 0 unspecified atom stereocenters. The standard InChI is InChI=1S/C14H15F3N2O5S/c1-2-25(23)10-6-4-3-5-9(10)12(21)24-7-11(20)19-13(22)18-8-14(15,16)17/h3-6H,2,7-8H2,1H3,(H2,18,19,20,22)/t25-/m1/s1. The molecule has 1 aromatic carbocycles. The predicted octanol–water partition coefficient (Wildman–Crippen LogP) is 1.36. The minimum Gasteiger partial charge on any atom is -0.452 e. The summed E-state index contributed by atoms with van der Waals surface area (Å²) in [6.07, 6.45) is -4.62. The molecule has 1 atom stereocenters. The monoisotopic (exact) mass is 380 g/mol. The van der Waals surface area contributed by atoms with E-state index in [0.717, 1.165) is 0 Å². The number of carbonyl (C=O) groups excluding carboxylic acids is 3. The van der Waals surface area contributed by atoms with Crippen molar-refractivity contribution in [2.45, 2.75) is 18.0 Å². The minimum atomic E-state index is -4.62. The summed E-state index contributed by atoms with van der Waals surface area (Å²) < 4.78 is 52.3. The average molecular weight is 380 g/mol. The van der Waals surface area contributed by atoms with Gasteiger partial charge in [-0.1, -0.05) is 19.1 Å². The maximum atomic E-state index is 11.9. The summed E-state index contributed by atoms with van der Waals surface area (Å²) in [7, 11) is -1.43. The molecule has 1 aromatic rings. The molecule has 0 aliphatic rings. The smallest absolute Gasteiger partial charge is 0.405 e. The van der Waals surface area contributed by atoms with Crippen LogP contribution in [0.4, 0.5) is 18.0 Å². The molecule has 3 amide bonds. The van der Waals surface area contributed by atoms with Crippen LogP contribution < -0.4 is 10.6 Å². The number of urea groups is 1. The first kappa shape index (κ1) is 20.6. The zero-order valence-corrected chi connectivity index (χ0v) is 13.8. The van der Waals surface area contributed by atoms with Crippen molar-refractivity contribution < 1.29 is 36.5 Å². The van der Waals surface area contributed by atoms with Gasteiger partial charge >= 0.3 is 18.2 Å². The third kappa shape index (κ3) is 7.33. The highest BCUT2D eigenvalue weighted by Crippen LogP contribution is 2.15. The Kier molecular flexibility index (Phi) is 7.55. The molecule has 1 rings (SSSR count). The Morgan fingerprint density at radius 1 is 1.20 bits per heavy atom. The van der Waals surface area contributed by atoms with Crippen molar-refractivity contribution in [2.75, 3.05) is 18.9 Å². The van der Waals surface area contributed by atoms with Crippen molar-refractivity contribution in [3.63, 3.8) is 0 Å². The Bertz CT molecular complexity index is 679. The summed E-state index contributed by atoms with van der Waals surface area (Å²) in [5.74, 6) is -1.78.